The molecule has 0 amide bonds. The Hall–Kier alpha value is -1.08. The van der Waals surface area contributed by atoms with Crippen LogP contribution in [-0.4, -0.2) is 35.1 Å². The molecular weight excluding hydrogens is 168 g/mol. The van der Waals surface area contributed by atoms with Crippen LogP contribution in [0.15, 0.2) is 0 Å². The summed E-state index contributed by atoms with van der Waals surface area (Å²) >= 11 is 0. The number of hydrogen-bond acceptors (Lipinski definition) is 3. The summed E-state index contributed by atoms with van der Waals surface area (Å²) in [5.41, 5.74) is 0. The minimum atomic E-state index is -0.774. The van der Waals surface area contributed by atoms with Crippen molar-refractivity contribution in [2.24, 2.45) is 0 Å². The van der Waals surface area contributed by atoms with E-state index in [1.807, 2.05) is 4.90 Å². The van der Waals surface area contributed by atoms with Crippen LogP contribution in [0.2, 0.25) is 0 Å². The first-order chi connectivity index (χ1) is 6.24. The molecule has 0 aliphatic heterocycles. The van der Waals surface area contributed by atoms with Gasteiger partial charge in [-0.3, -0.25) is 9.69 Å². The highest BCUT2D eigenvalue weighted by Gasteiger charge is 2.29. The molecule has 0 radical (unpaired) electrons. The molecule has 0 saturated heterocycles. The number of aliphatic carboxylic acids is 1. The summed E-state index contributed by atoms with van der Waals surface area (Å²) in [5.74, 6) is -0.774. The molecule has 0 aromatic carbocycles. The van der Waals surface area contributed by atoms with Crippen LogP contribution < -0.4 is 0 Å². The van der Waals surface area contributed by atoms with E-state index in [1.54, 1.807) is 0 Å². The molecule has 0 bridgehead atoms. The maximum atomic E-state index is 10.5. The fraction of sp³-hybridized carbons (Fsp3) is 0.778. The second kappa shape index (κ2) is 4.83. The highest BCUT2D eigenvalue weighted by Crippen LogP contribution is 2.26. The topological polar surface area (TPSA) is 64.3 Å². The predicted molar refractivity (Wildman–Crippen MR) is 47.1 cm³/mol. The van der Waals surface area contributed by atoms with E-state index in [2.05, 4.69) is 6.07 Å². The lowest BCUT2D eigenvalue weighted by Gasteiger charge is -2.18. The Balaban J connectivity index is 2.22. The molecule has 4 heteroatoms. The molecule has 0 aromatic heterocycles. The van der Waals surface area contributed by atoms with Crippen LogP contribution in [0.25, 0.3) is 0 Å². The molecule has 0 heterocycles. The van der Waals surface area contributed by atoms with Crippen molar-refractivity contribution in [3.05, 3.63) is 0 Å². The maximum Gasteiger partial charge on any atom is 0.317 e. The molecule has 0 unspecified atom stereocenters. The van der Waals surface area contributed by atoms with Gasteiger partial charge in [-0.15, -0.1) is 0 Å². The van der Waals surface area contributed by atoms with Gasteiger partial charge in [0.2, 0.25) is 0 Å². The quantitative estimate of drug-likeness (QED) is 0.618. The summed E-state index contributed by atoms with van der Waals surface area (Å²) in [6, 6.07) is 2.53. The monoisotopic (exact) mass is 182 g/mol. The van der Waals surface area contributed by atoms with E-state index in [4.69, 9.17) is 10.4 Å². The van der Waals surface area contributed by atoms with Crippen LogP contribution in [0.5, 0.6) is 0 Å². The molecule has 0 aromatic rings. The van der Waals surface area contributed by atoms with E-state index in [-0.39, 0.29) is 6.54 Å². The molecule has 0 spiro atoms. The third-order valence-corrected chi connectivity index (χ3v) is 2.14. The molecule has 1 saturated carbocycles. The van der Waals surface area contributed by atoms with Crippen LogP contribution in [0.3, 0.4) is 0 Å². The minimum Gasteiger partial charge on any atom is -0.480 e. The van der Waals surface area contributed by atoms with Crippen molar-refractivity contribution in [2.45, 2.75) is 31.7 Å². The Labute approximate surface area is 77.8 Å². The van der Waals surface area contributed by atoms with Crippen molar-refractivity contribution in [3.8, 4) is 6.07 Å². The highest BCUT2D eigenvalue weighted by atomic mass is 16.4. The summed E-state index contributed by atoms with van der Waals surface area (Å²) in [6.45, 7) is 0.862. The van der Waals surface area contributed by atoms with Crippen molar-refractivity contribution in [3.63, 3.8) is 0 Å². The zero-order valence-electron chi connectivity index (χ0n) is 7.57. The third-order valence-electron chi connectivity index (χ3n) is 2.14. The van der Waals surface area contributed by atoms with Crippen molar-refractivity contribution in [2.75, 3.05) is 13.1 Å². The Morgan fingerprint density at radius 3 is 2.77 bits per heavy atom. The highest BCUT2D eigenvalue weighted by molar-refractivity contribution is 5.69. The van der Waals surface area contributed by atoms with Crippen molar-refractivity contribution >= 4 is 5.97 Å². The number of carboxylic acid groups (broad SMARTS) is 1. The van der Waals surface area contributed by atoms with Crippen molar-refractivity contribution in [1.29, 1.82) is 5.26 Å². The number of unbranched alkanes of at least 4 members (excludes halogenated alkanes) is 1. The Morgan fingerprint density at radius 1 is 1.62 bits per heavy atom. The van der Waals surface area contributed by atoms with Gasteiger partial charge >= 0.3 is 5.97 Å². The Morgan fingerprint density at radius 2 is 2.31 bits per heavy atom. The first-order valence-corrected chi connectivity index (χ1v) is 4.57. The first kappa shape index (κ1) is 10.0. The molecule has 13 heavy (non-hydrogen) atoms. The largest absolute Gasteiger partial charge is 0.480 e. The number of rotatable bonds is 6. The van der Waals surface area contributed by atoms with Gasteiger partial charge in [-0.2, -0.15) is 5.26 Å². The van der Waals surface area contributed by atoms with Crippen molar-refractivity contribution in [1.82, 2.24) is 4.90 Å². The molecule has 0 atom stereocenters. The van der Waals surface area contributed by atoms with E-state index in [0.29, 0.717) is 12.5 Å². The normalized spacial score (nSPS) is 15.7. The second-order valence-corrected chi connectivity index (χ2v) is 3.36. The van der Waals surface area contributed by atoms with Gasteiger partial charge in [0.25, 0.3) is 0 Å². The average molecular weight is 182 g/mol. The maximum absolute atomic E-state index is 10.5. The van der Waals surface area contributed by atoms with Gasteiger partial charge in [-0.1, -0.05) is 0 Å². The number of nitrogens with zero attached hydrogens (tertiary/aromatic N) is 2. The molecule has 72 valence electrons. The number of carbonyl (C=O) groups is 1. The summed E-state index contributed by atoms with van der Waals surface area (Å²) in [7, 11) is 0. The summed E-state index contributed by atoms with van der Waals surface area (Å²) < 4.78 is 0. The van der Waals surface area contributed by atoms with E-state index < -0.39 is 5.97 Å². The zero-order chi connectivity index (χ0) is 9.68. The van der Waals surface area contributed by atoms with Gasteiger partial charge in [0.05, 0.1) is 12.6 Å². The van der Waals surface area contributed by atoms with Crippen LogP contribution in [0.1, 0.15) is 25.7 Å². The van der Waals surface area contributed by atoms with Gasteiger partial charge in [-0.05, 0) is 19.3 Å². The fourth-order valence-corrected chi connectivity index (χ4v) is 1.37. The number of nitriles is 1. The SMILES string of the molecule is N#CCCCN(CC(=O)O)C1CC1. The van der Waals surface area contributed by atoms with Gasteiger partial charge < -0.3 is 5.11 Å². The predicted octanol–water partition coefficient (Wildman–Crippen LogP) is 0.839. The fourth-order valence-electron chi connectivity index (χ4n) is 1.37. The van der Waals surface area contributed by atoms with Gasteiger partial charge in [0, 0.05) is 19.0 Å². The summed E-state index contributed by atoms with van der Waals surface area (Å²) in [5, 5.41) is 16.9. The molecule has 1 aliphatic rings. The average Bonchev–Trinajstić information content (AvgIpc) is 2.84. The van der Waals surface area contributed by atoms with Crippen LogP contribution >= 0.6 is 0 Å². The smallest absolute Gasteiger partial charge is 0.317 e. The molecule has 1 fully saturated rings. The molecule has 1 aliphatic carbocycles. The lowest BCUT2D eigenvalue weighted by Crippen LogP contribution is -2.32. The van der Waals surface area contributed by atoms with Gasteiger partial charge in [0.15, 0.2) is 0 Å². The number of hydrogen-bond donors (Lipinski definition) is 1. The van der Waals surface area contributed by atoms with Crippen LogP contribution in [0.4, 0.5) is 0 Å². The van der Waals surface area contributed by atoms with Gasteiger partial charge in [0.1, 0.15) is 0 Å². The molecular formula is C9H14N2O2. The lowest BCUT2D eigenvalue weighted by molar-refractivity contribution is -0.138. The van der Waals surface area contributed by atoms with Crippen LogP contribution in [0, 0.1) is 11.3 Å². The Bertz CT molecular complexity index is 218. The lowest BCUT2D eigenvalue weighted by atomic mass is 10.3. The van der Waals surface area contributed by atoms with E-state index in [0.717, 1.165) is 25.8 Å². The molecule has 4 nitrogen and oxygen atoms in total. The molecule has 1 rings (SSSR count). The third kappa shape index (κ3) is 3.90. The summed E-state index contributed by atoms with van der Waals surface area (Å²) in [6.07, 6.45) is 3.52. The number of carboxylic acids is 1. The van der Waals surface area contributed by atoms with Crippen molar-refractivity contribution < 1.29 is 9.90 Å². The van der Waals surface area contributed by atoms with Gasteiger partial charge in [-0.25, -0.2) is 0 Å². The van der Waals surface area contributed by atoms with E-state index in [1.165, 1.54) is 0 Å². The van der Waals surface area contributed by atoms with E-state index >= 15 is 0 Å². The molecule has 1 N–H and O–H groups in total. The first-order valence-electron chi connectivity index (χ1n) is 4.57. The van der Waals surface area contributed by atoms with E-state index in [9.17, 15) is 4.79 Å². The summed E-state index contributed by atoms with van der Waals surface area (Å²) in [4.78, 5) is 12.4. The Kier molecular flexibility index (Phi) is 3.71. The van der Waals surface area contributed by atoms with Crippen LogP contribution in [-0.2, 0) is 4.79 Å². The minimum absolute atomic E-state index is 0.121. The zero-order valence-corrected chi connectivity index (χ0v) is 7.57. The second-order valence-electron chi connectivity index (χ2n) is 3.36. The standard InChI is InChI=1S/C9H14N2O2/c10-5-1-2-6-11(7-9(12)13)8-3-4-8/h8H,1-4,6-7H2,(H,12,13).